The van der Waals surface area contributed by atoms with Gasteiger partial charge in [0, 0.05) is 11.7 Å². The Balaban J connectivity index is 1.85. The van der Waals surface area contributed by atoms with Crippen molar-refractivity contribution in [3.05, 3.63) is 45.9 Å². The van der Waals surface area contributed by atoms with Crippen LogP contribution in [0.15, 0.2) is 34.2 Å². The van der Waals surface area contributed by atoms with Crippen LogP contribution in [0.25, 0.3) is 11.0 Å². The number of hydrogen-bond acceptors (Lipinski definition) is 5. The maximum absolute atomic E-state index is 13.0. The van der Waals surface area contributed by atoms with Crippen LogP contribution in [-0.4, -0.2) is 33.3 Å². The molecular formula is C21H26N4O3S. The lowest BCUT2D eigenvalue weighted by Crippen LogP contribution is -2.26. The molecule has 2 N–H and O–H groups in total. The Bertz CT molecular complexity index is 1100. The number of amides is 1. The van der Waals surface area contributed by atoms with E-state index in [0.29, 0.717) is 27.6 Å². The molecule has 1 aromatic carbocycles. The highest BCUT2D eigenvalue weighted by Crippen LogP contribution is 2.26. The van der Waals surface area contributed by atoms with Gasteiger partial charge in [0.2, 0.25) is 5.91 Å². The molecule has 8 heteroatoms. The molecule has 0 radical (unpaired) electrons. The number of methoxy groups -OCH3 is 1. The lowest BCUT2D eigenvalue weighted by Gasteiger charge is -2.17. The van der Waals surface area contributed by atoms with Crippen LogP contribution in [0.4, 0.5) is 5.69 Å². The maximum atomic E-state index is 13.0. The monoisotopic (exact) mass is 414 g/mol. The van der Waals surface area contributed by atoms with E-state index in [-0.39, 0.29) is 23.3 Å². The highest BCUT2D eigenvalue weighted by Gasteiger charge is 2.18. The SMILES string of the molecule is CC[C@@H](C)n1c(SCC(=O)Nc2cc(C)ccc2OC)nc2cc(C)[nH]c2c1=O. The number of aromatic nitrogens is 3. The lowest BCUT2D eigenvalue weighted by molar-refractivity contribution is -0.113. The molecule has 154 valence electrons. The van der Waals surface area contributed by atoms with Crippen LogP contribution >= 0.6 is 11.8 Å². The Morgan fingerprint density at radius 1 is 1.34 bits per heavy atom. The molecule has 0 aliphatic carbocycles. The summed E-state index contributed by atoms with van der Waals surface area (Å²) in [6, 6.07) is 7.43. The van der Waals surface area contributed by atoms with Crippen molar-refractivity contribution in [2.45, 2.75) is 45.3 Å². The van der Waals surface area contributed by atoms with E-state index in [4.69, 9.17) is 4.74 Å². The van der Waals surface area contributed by atoms with E-state index >= 15 is 0 Å². The van der Waals surface area contributed by atoms with E-state index in [1.807, 2.05) is 52.0 Å². The fourth-order valence-corrected chi connectivity index (χ4v) is 4.00. The number of carbonyl (C=O) groups is 1. The van der Waals surface area contributed by atoms with Gasteiger partial charge in [-0.1, -0.05) is 24.8 Å². The van der Waals surface area contributed by atoms with Gasteiger partial charge in [0.05, 0.1) is 24.1 Å². The minimum absolute atomic E-state index is 0.0227. The zero-order valence-corrected chi connectivity index (χ0v) is 18.1. The van der Waals surface area contributed by atoms with E-state index in [2.05, 4.69) is 15.3 Å². The normalized spacial score (nSPS) is 12.2. The number of nitrogens with zero attached hydrogens (tertiary/aromatic N) is 2. The second-order valence-corrected chi connectivity index (χ2v) is 8.02. The van der Waals surface area contributed by atoms with Crippen molar-refractivity contribution >= 4 is 34.4 Å². The zero-order valence-electron chi connectivity index (χ0n) is 17.3. The molecule has 0 bridgehead atoms. The topological polar surface area (TPSA) is 89.0 Å². The summed E-state index contributed by atoms with van der Waals surface area (Å²) in [6.07, 6.45) is 0.785. The smallest absolute Gasteiger partial charge is 0.278 e. The van der Waals surface area contributed by atoms with Gasteiger partial charge in [-0.3, -0.25) is 14.2 Å². The van der Waals surface area contributed by atoms with Crippen LogP contribution in [0, 0.1) is 13.8 Å². The molecule has 0 unspecified atom stereocenters. The van der Waals surface area contributed by atoms with E-state index in [9.17, 15) is 9.59 Å². The number of aryl methyl sites for hydroxylation is 2. The Kier molecular flexibility index (Phi) is 6.32. The second-order valence-electron chi connectivity index (χ2n) is 7.08. The van der Waals surface area contributed by atoms with Crippen LogP contribution in [0.1, 0.15) is 37.6 Å². The average Bonchev–Trinajstić information content (AvgIpc) is 3.06. The summed E-state index contributed by atoms with van der Waals surface area (Å²) in [5.74, 6) is 0.552. The summed E-state index contributed by atoms with van der Waals surface area (Å²) >= 11 is 1.26. The first-order valence-electron chi connectivity index (χ1n) is 9.53. The molecule has 1 atom stereocenters. The highest BCUT2D eigenvalue weighted by molar-refractivity contribution is 7.99. The summed E-state index contributed by atoms with van der Waals surface area (Å²) < 4.78 is 6.98. The summed E-state index contributed by atoms with van der Waals surface area (Å²) in [6.45, 7) is 7.84. The van der Waals surface area contributed by atoms with E-state index < -0.39 is 0 Å². The molecule has 2 aromatic heterocycles. The fourth-order valence-electron chi connectivity index (χ4n) is 3.10. The number of hydrogen-bond donors (Lipinski definition) is 2. The van der Waals surface area contributed by atoms with Crippen LogP contribution in [0.2, 0.25) is 0 Å². The van der Waals surface area contributed by atoms with Crippen LogP contribution in [-0.2, 0) is 4.79 Å². The zero-order chi connectivity index (χ0) is 21.1. The molecule has 3 aromatic rings. The molecule has 0 fully saturated rings. The molecule has 0 aliphatic rings. The largest absolute Gasteiger partial charge is 0.495 e. The van der Waals surface area contributed by atoms with Crippen molar-refractivity contribution in [2.75, 3.05) is 18.2 Å². The third-order valence-corrected chi connectivity index (χ3v) is 5.73. The summed E-state index contributed by atoms with van der Waals surface area (Å²) in [7, 11) is 1.57. The maximum Gasteiger partial charge on any atom is 0.278 e. The van der Waals surface area contributed by atoms with Crippen molar-refractivity contribution in [1.29, 1.82) is 0 Å². The fraction of sp³-hybridized carbons (Fsp3) is 0.381. The Morgan fingerprint density at radius 3 is 2.79 bits per heavy atom. The Labute approximate surface area is 173 Å². The summed E-state index contributed by atoms with van der Waals surface area (Å²) in [5, 5.41) is 3.43. The second kappa shape index (κ2) is 8.73. The number of carbonyl (C=O) groups excluding carboxylic acids is 1. The molecule has 2 heterocycles. The number of nitrogens with one attached hydrogen (secondary N) is 2. The van der Waals surface area contributed by atoms with E-state index in [0.717, 1.165) is 17.7 Å². The number of fused-ring (bicyclic) bond motifs is 1. The van der Waals surface area contributed by atoms with Gasteiger partial charge in [-0.15, -0.1) is 0 Å². The van der Waals surface area contributed by atoms with Crippen molar-refractivity contribution in [3.8, 4) is 5.75 Å². The van der Waals surface area contributed by atoms with Crippen molar-refractivity contribution in [1.82, 2.24) is 14.5 Å². The predicted octanol–water partition coefficient (Wildman–Crippen LogP) is 4.05. The number of benzene rings is 1. The molecule has 0 spiro atoms. The first kappa shape index (κ1) is 21.0. The standard InChI is InChI=1S/C21H26N4O3S/c1-6-14(4)25-20(27)19-16(10-13(3)22-19)24-21(25)29-11-18(26)23-15-9-12(2)7-8-17(15)28-5/h7-10,14,22H,6,11H2,1-5H3,(H,23,26)/t14-/m1/s1. The number of ether oxygens (including phenoxy) is 1. The Morgan fingerprint density at radius 2 is 2.10 bits per heavy atom. The summed E-state index contributed by atoms with van der Waals surface area (Å²) in [4.78, 5) is 33.3. The predicted molar refractivity (Wildman–Crippen MR) is 117 cm³/mol. The first-order valence-corrected chi connectivity index (χ1v) is 10.5. The number of anilines is 1. The molecule has 1 amide bonds. The van der Waals surface area contributed by atoms with Gasteiger partial charge in [0.1, 0.15) is 11.3 Å². The minimum atomic E-state index is -0.186. The average molecular weight is 415 g/mol. The van der Waals surface area contributed by atoms with Crippen molar-refractivity contribution < 1.29 is 9.53 Å². The number of H-pyrrole nitrogens is 1. The van der Waals surface area contributed by atoms with E-state index in [1.54, 1.807) is 11.7 Å². The Hall–Kier alpha value is -2.74. The van der Waals surface area contributed by atoms with E-state index in [1.165, 1.54) is 11.8 Å². The van der Waals surface area contributed by atoms with Gasteiger partial charge in [0.25, 0.3) is 5.56 Å². The van der Waals surface area contributed by atoms with Gasteiger partial charge in [-0.05, 0) is 51.0 Å². The van der Waals surface area contributed by atoms with Gasteiger partial charge < -0.3 is 15.0 Å². The molecule has 3 rings (SSSR count). The van der Waals surface area contributed by atoms with Crippen LogP contribution in [0.3, 0.4) is 0 Å². The van der Waals surface area contributed by atoms with Crippen LogP contribution in [0.5, 0.6) is 5.75 Å². The van der Waals surface area contributed by atoms with Gasteiger partial charge in [0.15, 0.2) is 5.16 Å². The quantitative estimate of drug-likeness (QED) is 0.450. The third-order valence-electron chi connectivity index (χ3n) is 4.78. The minimum Gasteiger partial charge on any atom is -0.495 e. The van der Waals surface area contributed by atoms with Crippen molar-refractivity contribution in [2.24, 2.45) is 0 Å². The lowest BCUT2D eigenvalue weighted by atomic mass is 10.2. The molecule has 0 aliphatic heterocycles. The molecule has 0 saturated carbocycles. The number of rotatable bonds is 7. The van der Waals surface area contributed by atoms with Gasteiger partial charge in [-0.2, -0.15) is 0 Å². The van der Waals surface area contributed by atoms with Gasteiger partial charge >= 0.3 is 0 Å². The number of thioether (sulfide) groups is 1. The van der Waals surface area contributed by atoms with Gasteiger partial charge in [-0.25, -0.2) is 4.98 Å². The van der Waals surface area contributed by atoms with Crippen LogP contribution < -0.4 is 15.6 Å². The summed E-state index contributed by atoms with van der Waals surface area (Å²) in [5.41, 5.74) is 3.54. The number of aromatic amines is 1. The van der Waals surface area contributed by atoms with Crippen molar-refractivity contribution in [3.63, 3.8) is 0 Å². The molecule has 0 saturated heterocycles. The third kappa shape index (κ3) is 4.48. The molecular weight excluding hydrogens is 388 g/mol. The first-order chi connectivity index (χ1) is 13.8. The highest BCUT2D eigenvalue weighted by atomic mass is 32.2. The molecule has 29 heavy (non-hydrogen) atoms. The molecule has 7 nitrogen and oxygen atoms in total.